The molecule has 0 radical (unpaired) electrons. The number of non-ortho nitro benzene ring substituents is 1. The third-order valence-corrected chi connectivity index (χ3v) is 4.78. The van der Waals surface area contributed by atoms with Gasteiger partial charge in [-0.2, -0.15) is 5.10 Å². The molecule has 0 N–H and O–H groups in total. The Labute approximate surface area is 172 Å². The van der Waals surface area contributed by atoms with Crippen molar-refractivity contribution in [3.05, 3.63) is 74.7 Å². The van der Waals surface area contributed by atoms with E-state index in [-0.39, 0.29) is 5.69 Å². The van der Waals surface area contributed by atoms with Crippen LogP contribution in [0.5, 0.6) is 0 Å². The number of nitro groups is 1. The van der Waals surface area contributed by atoms with Gasteiger partial charge in [-0.3, -0.25) is 20.1 Å². The number of aromatic nitrogens is 2. The fourth-order valence-corrected chi connectivity index (χ4v) is 3.42. The minimum Gasteiger partial charge on any atom is -0.382 e. The Balaban J connectivity index is 1.97. The summed E-state index contributed by atoms with van der Waals surface area (Å²) >= 11 is 1.44. The molecule has 9 heteroatoms. The second-order valence-corrected chi connectivity index (χ2v) is 6.79. The van der Waals surface area contributed by atoms with Crippen LogP contribution < -0.4 is 4.80 Å². The molecule has 0 aliphatic carbocycles. The fourth-order valence-electron chi connectivity index (χ4n) is 2.55. The fraction of sp³-hybridized carbons (Fsp3) is 0.250. The zero-order valence-electron chi connectivity index (χ0n) is 16.0. The maximum atomic E-state index is 11.1. The molecule has 0 saturated heterocycles. The SMILES string of the molecule is CCOCCCN=c1scc(-c2cccc([N+](=O)[O-])c2)n1/N=C\c1ccccn1. The molecule has 29 heavy (non-hydrogen) atoms. The molecule has 0 saturated carbocycles. The van der Waals surface area contributed by atoms with Crippen molar-refractivity contribution in [2.45, 2.75) is 13.3 Å². The maximum Gasteiger partial charge on any atom is 0.270 e. The van der Waals surface area contributed by atoms with Gasteiger partial charge in [0, 0.05) is 49.0 Å². The molecule has 0 unspecified atom stereocenters. The van der Waals surface area contributed by atoms with Crippen LogP contribution in [0, 0.1) is 10.1 Å². The van der Waals surface area contributed by atoms with Crippen LogP contribution in [0.4, 0.5) is 5.69 Å². The van der Waals surface area contributed by atoms with Crippen molar-refractivity contribution >= 4 is 23.2 Å². The number of ether oxygens (including phenoxy) is 1. The highest BCUT2D eigenvalue weighted by Crippen LogP contribution is 2.24. The third-order valence-electron chi connectivity index (χ3n) is 3.93. The standard InChI is InChI=1S/C20H21N5O3S/c1-2-28-12-6-11-22-20-24(23-14-17-8-3-4-10-21-17)19(15-29-20)16-7-5-9-18(13-16)25(26)27/h3-5,7-10,13-15H,2,6,11-12H2,1H3/b22-20?,23-14-. The predicted molar refractivity (Wildman–Crippen MR) is 113 cm³/mol. The number of hydrogen-bond acceptors (Lipinski definition) is 7. The van der Waals surface area contributed by atoms with Gasteiger partial charge in [0.25, 0.3) is 5.69 Å². The summed E-state index contributed by atoms with van der Waals surface area (Å²) in [5, 5.41) is 17.6. The van der Waals surface area contributed by atoms with E-state index >= 15 is 0 Å². The zero-order chi connectivity index (χ0) is 20.5. The van der Waals surface area contributed by atoms with E-state index in [0.29, 0.717) is 35.8 Å². The Kier molecular flexibility index (Phi) is 7.37. The van der Waals surface area contributed by atoms with Gasteiger partial charge in [-0.05, 0) is 25.5 Å². The van der Waals surface area contributed by atoms with Crippen LogP contribution in [-0.4, -0.2) is 40.6 Å². The second-order valence-electron chi connectivity index (χ2n) is 5.95. The molecule has 3 rings (SSSR count). The smallest absolute Gasteiger partial charge is 0.270 e. The van der Waals surface area contributed by atoms with Gasteiger partial charge in [0.2, 0.25) is 4.80 Å². The molecule has 0 atom stereocenters. The van der Waals surface area contributed by atoms with Crippen molar-refractivity contribution < 1.29 is 9.66 Å². The lowest BCUT2D eigenvalue weighted by molar-refractivity contribution is -0.384. The van der Waals surface area contributed by atoms with Gasteiger partial charge in [-0.25, -0.2) is 4.68 Å². The van der Waals surface area contributed by atoms with Gasteiger partial charge in [0.1, 0.15) is 0 Å². The first-order valence-electron chi connectivity index (χ1n) is 9.18. The maximum absolute atomic E-state index is 11.1. The molecule has 0 spiro atoms. The van der Waals surface area contributed by atoms with Crippen molar-refractivity contribution in [1.82, 2.24) is 9.66 Å². The van der Waals surface area contributed by atoms with Gasteiger partial charge in [-0.1, -0.05) is 18.2 Å². The largest absolute Gasteiger partial charge is 0.382 e. The minimum absolute atomic E-state index is 0.0316. The van der Waals surface area contributed by atoms with Gasteiger partial charge in [-0.15, -0.1) is 11.3 Å². The highest BCUT2D eigenvalue weighted by molar-refractivity contribution is 7.07. The third kappa shape index (κ3) is 5.66. The second kappa shape index (κ2) is 10.4. The first-order chi connectivity index (χ1) is 14.2. The summed E-state index contributed by atoms with van der Waals surface area (Å²) in [6.07, 6.45) is 4.15. The van der Waals surface area contributed by atoms with Crippen LogP contribution in [0.25, 0.3) is 11.3 Å². The summed E-state index contributed by atoms with van der Waals surface area (Å²) < 4.78 is 7.05. The highest BCUT2D eigenvalue weighted by atomic mass is 32.1. The van der Waals surface area contributed by atoms with Crippen LogP contribution in [0.3, 0.4) is 0 Å². The number of rotatable bonds is 9. The molecule has 0 aliphatic heterocycles. The average molecular weight is 411 g/mol. The topological polar surface area (TPSA) is 94.9 Å². The van der Waals surface area contributed by atoms with E-state index in [1.807, 2.05) is 36.6 Å². The highest BCUT2D eigenvalue weighted by Gasteiger charge is 2.12. The van der Waals surface area contributed by atoms with E-state index in [9.17, 15) is 10.1 Å². The van der Waals surface area contributed by atoms with Gasteiger partial charge in [0.15, 0.2) is 0 Å². The van der Waals surface area contributed by atoms with Crippen LogP contribution in [0.1, 0.15) is 19.0 Å². The lowest BCUT2D eigenvalue weighted by atomic mass is 10.1. The molecule has 0 aliphatic rings. The number of nitrogens with zero attached hydrogens (tertiary/aromatic N) is 5. The molecular formula is C20H21N5O3S. The number of thiazole rings is 1. The summed E-state index contributed by atoms with van der Waals surface area (Å²) in [4.78, 5) is 20.3. The first-order valence-corrected chi connectivity index (χ1v) is 10.1. The zero-order valence-corrected chi connectivity index (χ0v) is 16.8. The summed E-state index contributed by atoms with van der Waals surface area (Å²) in [6, 6.07) is 12.1. The van der Waals surface area contributed by atoms with E-state index in [1.54, 1.807) is 23.2 Å². The normalized spacial score (nSPS) is 12.0. The van der Waals surface area contributed by atoms with E-state index < -0.39 is 4.92 Å². The minimum atomic E-state index is -0.406. The Morgan fingerprint density at radius 1 is 1.31 bits per heavy atom. The quantitative estimate of drug-likeness (QED) is 0.232. The van der Waals surface area contributed by atoms with E-state index in [1.165, 1.54) is 23.5 Å². The van der Waals surface area contributed by atoms with Gasteiger partial charge >= 0.3 is 0 Å². The van der Waals surface area contributed by atoms with Crippen molar-refractivity contribution in [2.75, 3.05) is 19.8 Å². The first kappa shape index (κ1) is 20.6. The molecule has 8 nitrogen and oxygen atoms in total. The number of hydrogen-bond donors (Lipinski definition) is 0. The van der Waals surface area contributed by atoms with E-state index in [0.717, 1.165) is 12.1 Å². The molecule has 150 valence electrons. The van der Waals surface area contributed by atoms with Gasteiger partial charge in [0.05, 0.1) is 22.5 Å². The summed E-state index contributed by atoms with van der Waals surface area (Å²) in [6.45, 7) is 3.90. The molecule has 1 aromatic carbocycles. The van der Waals surface area contributed by atoms with Crippen LogP contribution in [0.2, 0.25) is 0 Å². The lowest BCUT2D eigenvalue weighted by Crippen LogP contribution is -2.13. The van der Waals surface area contributed by atoms with Crippen LogP contribution in [0.15, 0.2) is 64.1 Å². The number of benzene rings is 1. The molecule has 0 fully saturated rings. The molecule has 2 heterocycles. The van der Waals surface area contributed by atoms with Crippen LogP contribution >= 0.6 is 11.3 Å². The predicted octanol–water partition coefficient (Wildman–Crippen LogP) is 3.73. The number of nitro benzene ring substituents is 1. The summed E-state index contributed by atoms with van der Waals surface area (Å²) in [5.41, 5.74) is 2.17. The summed E-state index contributed by atoms with van der Waals surface area (Å²) in [5.74, 6) is 0. The van der Waals surface area contributed by atoms with E-state index in [4.69, 9.17) is 4.74 Å². The monoisotopic (exact) mass is 411 g/mol. The molecular weight excluding hydrogens is 390 g/mol. The summed E-state index contributed by atoms with van der Waals surface area (Å²) in [7, 11) is 0. The Morgan fingerprint density at radius 2 is 2.21 bits per heavy atom. The lowest BCUT2D eigenvalue weighted by Gasteiger charge is -2.04. The van der Waals surface area contributed by atoms with Crippen molar-refractivity contribution in [1.29, 1.82) is 0 Å². The molecule has 0 amide bonds. The van der Waals surface area contributed by atoms with Crippen molar-refractivity contribution in [3.63, 3.8) is 0 Å². The Bertz CT molecular complexity index is 1040. The molecule has 2 aromatic heterocycles. The molecule has 0 bridgehead atoms. The van der Waals surface area contributed by atoms with E-state index in [2.05, 4.69) is 15.1 Å². The average Bonchev–Trinajstić information content (AvgIpc) is 3.15. The van der Waals surface area contributed by atoms with Gasteiger partial charge < -0.3 is 4.74 Å². The molecule has 3 aromatic rings. The van der Waals surface area contributed by atoms with Crippen LogP contribution in [-0.2, 0) is 4.74 Å². The number of pyridine rings is 1. The Morgan fingerprint density at radius 3 is 2.97 bits per heavy atom. The van der Waals surface area contributed by atoms with Crippen molar-refractivity contribution in [2.24, 2.45) is 10.1 Å². The van der Waals surface area contributed by atoms with Crippen molar-refractivity contribution in [3.8, 4) is 11.3 Å². The Hall–Kier alpha value is -3.17.